The van der Waals surface area contributed by atoms with Crippen molar-refractivity contribution in [1.82, 2.24) is 19.9 Å². The van der Waals surface area contributed by atoms with Crippen LogP contribution in [0.25, 0.3) is 55.8 Å². The summed E-state index contributed by atoms with van der Waals surface area (Å²) in [6.07, 6.45) is 7.19. The number of hydrogen-bond acceptors (Lipinski definition) is 24. The lowest BCUT2D eigenvalue weighted by Crippen LogP contribution is -2.43. The van der Waals surface area contributed by atoms with E-state index in [0.717, 1.165) is 83.6 Å². The van der Waals surface area contributed by atoms with Crippen molar-refractivity contribution in [2.24, 2.45) is 0 Å². The molecular formula is C99H113ClN4O21. The highest BCUT2D eigenvalue weighted by Gasteiger charge is 2.38. The highest BCUT2D eigenvalue weighted by atomic mass is 35.5. The summed E-state index contributed by atoms with van der Waals surface area (Å²) in [5.41, 5.74) is 6.69. The molecule has 0 atom stereocenters. The molecule has 11 aromatic rings. The van der Waals surface area contributed by atoms with Gasteiger partial charge >= 0.3 is 17.9 Å². The van der Waals surface area contributed by atoms with Gasteiger partial charge in [0.2, 0.25) is 17.6 Å². The summed E-state index contributed by atoms with van der Waals surface area (Å²) in [5.74, 6) is 2.79. The molecule has 0 unspecified atom stereocenters. The first-order valence-electron chi connectivity index (χ1n) is 40.3. The fourth-order valence-electron chi connectivity index (χ4n) is 12.3. The second-order valence-electron chi connectivity index (χ2n) is 32.4. The van der Waals surface area contributed by atoms with Crippen molar-refractivity contribution in [1.29, 1.82) is 0 Å². The van der Waals surface area contributed by atoms with E-state index in [1.807, 2.05) is 156 Å². The van der Waals surface area contributed by atoms with Gasteiger partial charge < -0.3 is 61.9 Å². The van der Waals surface area contributed by atoms with Crippen molar-refractivity contribution in [3.63, 3.8) is 0 Å². The molecule has 0 aliphatic rings. The Kier molecular flexibility index (Phi) is 33.7. The van der Waals surface area contributed by atoms with Crippen LogP contribution < -0.4 is 47.4 Å². The largest absolute Gasteiger partial charge is 0.497 e. The molecule has 0 saturated heterocycles. The fraction of sp³-hybridized carbons (Fsp3) is 0.333. The Morgan fingerprint density at radius 2 is 0.632 bits per heavy atom. The van der Waals surface area contributed by atoms with Crippen LogP contribution in [0.2, 0.25) is 5.15 Å². The molecule has 11 rings (SSSR count). The first-order chi connectivity index (χ1) is 59.0. The van der Waals surface area contributed by atoms with Crippen molar-refractivity contribution in [2.45, 2.75) is 174 Å². The van der Waals surface area contributed by atoms with E-state index < -0.39 is 45.9 Å². The van der Waals surface area contributed by atoms with Crippen molar-refractivity contribution >= 4 is 115 Å². The maximum absolute atomic E-state index is 13.1. The number of allylic oxidation sites excluding steroid dienone is 2. The molecule has 0 amide bonds. The van der Waals surface area contributed by atoms with Crippen LogP contribution in [0.5, 0.6) is 57.9 Å². The van der Waals surface area contributed by atoms with Crippen LogP contribution in [-0.4, -0.2) is 150 Å². The minimum absolute atomic E-state index is 0.0629. The second-order valence-corrected chi connectivity index (χ2v) is 32.8. The van der Waals surface area contributed by atoms with E-state index in [4.69, 9.17) is 69.8 Å². The molecule has 0 aliphatic heterocycles. The summed E-state index contributed by atoms with van der Waals surface area (Å²) >= 11 is 5.92. The van der Waals surface area contributed by atoms with Gasteiger partial charge in [-0.15, -0.1) is 0 Å². The number of aldehydes is 1. The average molecular weight is 1730 g/mol. The number of halogens is 1. The van der Waals surface area contributed by atoms with E-state index in [2.05, 4.69) is 19.9 Å². The number of Topliss-reactive ketones (excluding diaryl/α,β-unsaturated/α-hetero) is 2. The monoisotopic (exact) mass is 1730 g/mol. The predicted octanol–water partition coefficient (Wildman–Crippen LogP) is 21.1. The SMILES string of the molecule is COc1ccc2cc(C(=O)/C=C/c3cc(C)c(OC(C)(C)C(=O)O)c(C)c3)c(OC)nc2c1.COc1ccc2cc(C(=O)/C=C/c3cc(C)c(OC(C)(C)C(=O)OC(C)(C)C)c(C)c3)c(OC)nc2c1.COc1ccc2cc(C(C)=O)c(Cl)nc2c1.COc1ccc2cc(C(C)=O)c(OC)nc2c1.Cc1cc(C=O)cc(C)c1OC(C)(C)C(=O)OC(C)(C)C.[3H]C. The van der Waals surface area contributed by atoms with Gasteiger partial charge in [0.15, 0.2) is 39.9 Å². The molecular weight excluding hydrogens is 1620 g/mol. The summed E-state index contributed by atoms with van der Waals surface area (Å²) in [6, 6.07) is 39.8. The molecule has 26 heteroatoms. The van der Waals surface area contributed by atoms with Crippen molar-refractivity contribution in [2.75, 3.05) is 49.8 Å². The maximum atomic E-state index is 13.1. The number of carboxylic acids is 1. The third-order valence-corrected chi connectivity index (χ3v) is 18.9. The number of ketones is 4. The Labute approximate surface area is 737 Å². The predicted molar refractivity (Wildman–Crippen MR) is 488 cm³/mol. The lowest BCUT2D eigenvalue weighted by molar-refractivity contribution is -0.171. The fourth-order valence-corrected chi connectivity index (χ4v) is 12.5. The number of methoxy groups -OCH3 is 7. The number of fused-ring (bicyclic) bond motifs is 4. The van der Waals surface area contributed by atoms with Crippen LogP contribution in [0.15, 0.2) is 146 Å². The first kappa shape index (κ1) is 98.8. The van der Waals surface area contributed by atoms with Crippen LogP contribution in [0.1, 0.15) is 202 Å². The third-order valence-electron chi connectivity index (χ3n) is 18.6. The standard InChI is InChI=1S/C30H35NO6.C26H27NO6.C17H24O4.C13H13NO3.C12H10ClNO2.CH4/c1-18-14-20(15-19(2)26(18)36-30(6,7)28(33)37-29(3,4)5)10-13-25(32)23-16-21-11-12-22(34-8)17-24(21)31-27(23)35-9;1-15-11-17(12-16(2)23(15)33-26(3,4)25(29)30)7-10-22(28)20-13-18-8-9-19(31-5)14-21(18)27-24(20)32-6;1-11-8-13(10-18)9-12(2)14(11)20-17(6,7)15(19)21-16(3,4)5;1-8(15)11-6-9-4-5-10(16-2)7-12(9)14-13(11)17-3;1-7(15)10-5-8-3-4-9(16-2)6-11(8)14-12(10)13;/h10-17H,1-9H3;7-14H,1-6H3,(H,29,30);8-10H,1-7H3;4-7H,1-3H3;3-6H,1-2H3;1H4/b13-10+;10-7+;;;;/i;;;;;1T. The molecule has 0 radical (unpaired) electrons. The normalized spacial score (nSPS) is 11.4. The molecule has 7 aromatic carbocycles. The molecule has 4 aromatic heterocycles. The number of ether oxygens (including phenoxy) is 12. The molecule has 0 bridgehead atoms. The molecule has 1 N–H and O–H groups in total. The molecule has 4 heterocycles. The summed E-state index contributed by atoms with van der Waals surface area (Å²) in [4.78, 5) is 113. The highest BCUT2D eigenvalue weighted by molar-refractivity contribution is 6.33. The van der Waals surface area contributed by atoms with Crippen LogP contribution in [0.3, 0.4) is 0 Å². The molecule has 0 saturated carbocycles. The van der Waals surface area contributed by atoms with Crippen LogP contribution in [0.4, 0.5) is 0 Å². The number of benzene rings is 7. The van der Waals surface area contributed by atoms with Crippen molar-refractivity contribution in [3.8, 4) is 57.9 Å². The minimum Gasteiger partial charge on any atom is -0.497 e. The zero-order valence-electron chi connectivity index (χ0n) is 77.4. The quantitative estimate of drug-likeness (QED) is 0.0183. The lowest BCUT2D eigenvalue weighted by atomic mass is 10.0. The zero-order valence-corrected chi connectivity index (χ0v) is 77.1. The molecule has 662 valence electrons. The van der Waals surface area contributed by atoms with E-state index in [9.17, 15) is 43.5 Å². The van der Waals surface area contributed by atoms with E-state index in [0.29, 0.717) is 84.7 Å². The van der Waals surface area contributed by atoms with Gasteiger partial charge in [-0.2, -0.15) is 0 Å². The van der Waals surface area contributed by atoms with Gasteiger partial charge in [0.1, 0.15) is 62.9 Å². The van der Waals surface area contributed by atoms with E-state index >= 15 is 0 Å². The number of hydrogen-bond donors (Lipinski definition) is 1. The third kappa shape index (κ3) is 27.1. The van der Waals surface area contributed by atoms with E-state index in [1.54, 1.807) is 129 Å². The summed E-state index contributed by atoms with van der Waals surface area (Å²) in [7, 11) is 12.1. The van der Waals surface area contributed by atoms with Crippen molar-refractivity contribution < 1.29 is 102 Å². The summed E-state index contributed by atoms with van der Waals surface area (Å²) in [5, 5.41) is 12.9. The van der Waals surface area contributed by atoms with Gasteiger partial charge in [0.05, 0.1) is 94.1 Å². The molecule has 0 aliphatic carbocycles. The average Bonchev–Trinajstić information content (AvgIpc) is 0.804. The van der Waals surface area contributed by atoms with Gasteiger partial charge in [0.25, 0.3) is 0 Å². The minimum atomic E-state index is -1.35. The Bertz CT molecular complexity index is 5870. The molecule has 25 nitrogen and oxygen atoms in total. The number of carbonyl (C=O) groups is 8. The van der Waals surface area contributed by atoms with Gasteiger partial charge in [-0.05, 0) is 304 Å². The van der Waals surface area contributed by atoms with Crippen LogP contribution in [0, 0.1) is 41.5 Å². The van der Waals surface area contributed by atoms with Crippen LogP contribution in [-0.2, 0) is 23.9 Å². The topological polar surface area (TPSA) is 319 Å². The summed E-state index contributed by atoms with van der Waals surface area (Å²) < 4.78 is 70.9. The Morgan fingerprint density at radius 3 is 0.896 bits per heavy atom. The smallest absolute Gasteiger partial charge is 0.350 e. The van der Waals surface area contributed by atoms with Gasteiger partial charge in [-0.25, -0.2) is 34.3 Å². The van der Waals surface area contributed by atoms with Crippen molar-refractivity contribution in [3.05, 3.63) is 223 Å². The molecule has 0 spiro atoms. The number of nitrogens with zero attached hydrogens (tertiary/aromatic N) is 4. The lowest BCUT2D eigenvalue weighted by Gasteiger charge is -2.30. The number of pyridine rings is 4. The van der Waals surface area contributed by atoms with Crippen LogP contribution >= 0.6 is 11.6 Å². The Morgan fingerprint density at radius 1 is 0.368 bits per heavy atom. The van der Waals surface area contributed by atoms with Gasteiger partial charge in [-0.3, -0.25) is 24.0 Å². The highest BCUT2D eigenvalue weighted by Crippen LogP contribution is 2.36. The van der Waals surface area contributed by atoms with Gasteiger partial charge in [0, 0.05) is 52.7 Å². The first-order valence-corrected chi connectivity index (χ1v) is 39.7. The Hall–Kier alpha value is -13.3. The molecule has 0 fully saturated rings. The van der Waals surface area contributed by atoms with Gasteiger partial charge in [-0.1, -0.05) is 31.2 Å². The summed E-state index contributed by atoms with van der Waals surface area (Å²) in [6.45, 7) is 34.8. The number of carboxylic acid groups (broad SMARTS) is 1. The van der Waals surface area contributed by atoms with E-state index in [-0.39, 0.29) is 40.0 Å². The number of aliphatic carboxylic acids is 1. The number of rotatable bonds is 25. The zero-order chi connectivity index (χ0) is 94.4. The Balaban J connectivity index is 0.000000251. The number of aromatic nitrogens is 4. The second kappa shape index (κ2) is 42.7. The molecule has 125 heavy (non-hydrogen) atoms. The van der Waals surface area contributed by atoms with E-state index in [1.165, 1.54) is 68.6 Å². The number of esters is 2. The number of carbonyl (C=O) groups excluding carboxylic acids is 7. The number of aryl methyl sites for hydroxylation is 6. The maximum Gasteiger partial charge on any atom is 0.350 e.